The number of rotatable bonds is 12. The predicted molar refractivity (Wildman–Crippen MR) is 158 cm³/mol. The van der Waals surface area contributed by atoms with Crippen LogP contribution in [0.5, 0.6) is 11.5 Å². The molecule has 0 unspecified atom stereocenters. The van der Waals surface area contributed by atoms with Crippen LogP contribution in [0.1, 0.15) is 11.3 Å². The normalized spacial score (nSPS) is 11.7. The van der Waals surface area contributed by atoms with Crippen LogP contribution >= 0.6 is 23.5 Å². The quantitative estimate of drug-likeness (QED) is 0.104. The van der Waals surface area contributed by atoms with Gasteiger partial charge in [0, 0.05) is 41.7 Å². The third kappa shape index (κ3) is 7.41. The summed E-state index contributed by atoms with van der Waals surface area (Å²) in [7, 11) is 1.95. The number of sulfonamides is 1. The van der Waals surface area contributed by atoms with E-state index in [0.29, 0.717) is 28.1 Å². The molecule has 14 heteroatoms. The maximum Gasteiger partial charge on any atom is 0.283 e. The minimum absolute atomic E-state index is 0.181. The second-order valence-corrected chi connectivity index (χ2v) is 12.6. The number of ether oxygens (including phenoxy) is 2. The molecule has 0 bridgehead atoms. The summed E-state index contributed by atoms with van der Waals surface area (Å²) in [4.78, 5) is 6.17. The summed E-state index contributed by atoms with van der Waals surface area (Å²) in [6, 6.07) is 12.8. The van der Waals surface area contributed by atoms with Gasteiger partial charge in [-0.2, -0.15) is 8.42 Å². The molecule has 1 aromatic heterocycles. The van der Waals surface area contributed by atoms with Crippen molar-refractivity contribution < 1.29 is 31.1 Å². The van der Waals surface area contributed by atoms with Gasteiger partial charge in [0.1, 0.15) is 23.8 Å². The summed E-state index contributed by atoms with van der Waals surface area (Å²) in [5.74, 6) is -0.997. The molecule has 0 radical (unpaired) electrons. The van der Waals surface area contributed by atoms with E-state index >= 15 is 0 Å². The van der Waals surface area contributed by atoms with E-state index in [1.54, 1.807) is 57.3 Å². The van der Waals surface area contributed by atoms with Gasteiger partial charge in [-0.05, 0) is 54.6 Å². The van der Waals surface area contributed by atoms with Crippen molar-refractivity contribution in [3.63, 3.8) is 0 Å². The zero-order valence-corrected chi connectivity index (χ0v) is 25.5. The molecule has 0 N–H and O–H groups in total. The van der Waals surface area contributed by atoms with Crippen LogP contribution in [-0.4, -0.2) is 57.5 Å². The number of methoxy groups -OCH3 is 2. The molecule has 0 aliphatic rings. The van der Waals surface area contributed by atoms with Gasteiger partial charge in [0.05, 0.1) is 31.0 Å². The molecule has 0 spiro atoms. The van der Waals surface area contributed by atoms with E-state index in [-0.39, 0.29) is 11.3 Å². The topological polar surface area (TPSA) is 86.0 Å². The average molecular weight is 637 g/mol. The van der Waals surface area contributed by atoms with E-state index in [2.05, 4.69) is 9.38 Å². The number of halogens is 3. The average Bonchev–Trinajstić information content (AvgIpc) is 3.37. The number of imidazole rings is 1. The molecule has 0 amide bonds. The summed E-state index contributed by atoms with van der Waals surface area (Å²) < 4.78 is 84.3. The maximum atomic E-state index is 15.0. The largest absolute Gasteiger partial charge is 0.493 e. The van der Waals surface area contributed by atoms with Crippen LogP contribution < -0.4 is 9.47 Å². The van der Waals surface area contributed by atoms with Gasteiger partial charge in [0.2, 0.25) is 0 Å². The van der Waals surface area contributed by atoms with Gasteiger partial charge in [-0.1, -0.05) is 11.8 Å². The molecule has 3 aromatic carbocycles. The SMILES string of the molecule is COc1ccc(SCc2cnc(SCc3c(F)cc(S(=O)(=O)N=CN(C)C)cc3F)n2-c2ccc(F)cc2)cc1OC. The minimum Gasteiger partial charge on any atom is -0.493 e. The number of benzene rings is 3. The molecule has 222 valence electrons. The number of hydrogen-bond donors (Lipinski definition) is 0. The number of aromatic nitrogens is 2. The van der Waals surface area contributed by atoms with Crippen molar-refractivity contribution in [3.8, 4) is 17.2 Å². The predicted octanol–water partition coefficient (Wildman–Crippen LogP) is 6.17. The van der Waals surface area contributed by atoms with E-state index in [4.69, 9.17) is 9.47 Å². The summed E-state index contributed by atoms with van der Waals surface area (Å²) in [6.45, 7) is 0. The lowest BCUT2D eigenvalue weighted by Crippen LogP contribution is -2.10. The molecule has 0 saturated carbocycles. The van der Waals surface area contributed by atoms with Gasteiger partial charge in [0.15, 0.2) is 16.7 Å². The van der Waals surface area contributed by atoms with Gasteiger partial charge in [0.25, 0.3) is 10.0 Å². The van der Waals surface area contributed by atoms with Crippen molar-refractivity contribution in [2.75, 3.05) is 28.3 Å². The molecular formula is C28H27F3N4O4S3. The van der Waals surface area contributed by atoms with Gasteiger partial charge < -0.3 is 14.4 Å². The summed E-state index contributed by atoms with van der Waals surface area (Å²) >= 11 is 2.56. The van der Waals surface area contributed by atoms with Crippen molar-refractivity contribution in [1.82, 2.24) is 14.5 Å². The zero-order chi connectivity index (χ0) is 30.4. The standard InChI is InChI=1S/C28H27F3N4O4S3/c1-34(2)17-33-42(36,37)22-12-24(30)23(25(31)13-22)16-41-28-32-14-20(35(28)19-7-5-18(29)6-8-19)15-40-21-9-10-26(38-3)27(11-21)39-4/h5-14,17H,15-16H2,1-4H3. The third-order valence-electron chi connectivity index (χ3n) is 5.80. The lowest BCUT2D eigenvalue weighted by molar-refractivity contribution is 0.354. The fourth-order valence-electron chi connectivity index (χ4n) is 3.72. The third-order valence-corrected chi connectivity index (χ3v) is 9.01. The minimum atomic E-state index is -4.29. The molecular weight excluding hydrogens is 610 g/mol. The molecule has 4 aromatic rings. The van der Waals surface area contributed by atoms with Crippen LogP contribution in [0.15, 0.2) is 80.1 Å². The number of hydrogen-bond acceptors (Lipinski definition) is 7. The molecule has 0 atom stereocenters. The van der Waals surface area contributed by atoms with Crippen LogP contribution in [0.4, 0.5) is 13.2 Å². The van der Waals surface area contributed by atoms with Crippen molar-refractivity contribution in [3.05, 3.63) is 89.5 Å². The smallest absolute Gasteiger partial charge is 0.283 e. The molecule has 0 aliphatic carbocycles. The Morgan fingerprint density at radius 3 is 2.21 bits per heavy atom. The molecule has 8 nitrogen and oxygen atoms in total. The van der Waals surface area contributed by atoms with Gasteiger partial charge in [-0.3, -0.25) is 4.57 Å². The first-order valence-corrected chi connectivity index (χ1v) is 15.7. The van der Waals surface area contributed by atoms with Crippen LogP contribution in [-0.2, 0) is 21.5 Å². The van der Waals surface area contributed by atoms with Crippen molar-refractivity contribution in [2.24, 2.45) is 4.40 Å². The van der Waals surface area contributed by atoms with Crippen molar-refractivity contribution in [1.29, 1.82) is 0 Å². The molecule has 42 heavy (non-hydrogen) atoms. The van der Waals surface area contributed by atoms with Crippen LogP contribution in [0, 0.1) is 17.5 Å². The number of thioether (sulfide) groups is 2. The lowest BCUT2D eigenvalue weighted by atomic mass is 10.2. The highest BCUT2D eigenvalue weighted by molar-refractivity contribution is 7.98. The first-order chi connectivity index (χ1) is 20.0. The Hall–Kier alpha value is -3.62. The molecule has 1 heterocycles. The highest BCUT2D eigenvalue weighted by Crippen LogP contribution is 2.35. The second-order valence-electron chi connectivity index (χ2n) is 8.96. The highest BCUT2D eigenvalue weighted by atomic mass is 32.2. The van der Waals surface area contributed by atoms with Gasteiger partial charge in [-0.25, -0.2) is 18.2 Å². The number of nitrogens with zero attached hydrogens (tertiary/aromatic N) is 4. The lowest BCUT2D eigenvalue weighted by Gasteiger charge is -2.13. The van der Waals surface area contributed by atoms with E-state index in [1.807, 2.05) is 12.1 Å². The Bertz CT molecular complexity index is 1670. The molecule has 4 rings (SSSR count). The maximum absolute atomic E-state index is 15.0. The summed E-state index contributed by atoms with van der Waals surface area (Å²) in [5.41, 5.74) is 1.05. The fourth-order valence-corrected chi connectivity index (χ4v) is 6.56. The fraction of sp³-hybridized carbons (Fsp3) is 0.214. The molecule has 0 fully saturated rings. The molecule has 0 saturated heterocycles. The van der Waals surface area contributed by atoms with Crippen molar-refractivity contribution in [2.45, 2.75) is 26.5 Å². The Labute approximate surface area is 250 Å². The van der Waals surface area contributed by atoms with E-state index in [1.165, 1.54) is 28.8 Å². The monoisotopic (exact) mass is 636 g/mol. The van der Waals surface area contributed by atoms with Gasteiger partial charge >= 0.3 is 0 Å². The Morgan fingerprint density at radius 1 is 0.929 bits per heavy atom. The molecule has 0 aliphatic heterocycles. The van der Waals surface area contributed by atoms with E-state index in [0.717, 1.165) is 40.8 Å². The van der Waals surface area contributed by atoms with Crippen LogP contribution in [0.25, 0.3) is 5.69 Å². The first-order valence-electron chi connectivity index (χ1n) is 12.3. The van der Waals surface area contributed by atoms with E-state index < -0.39 is 32.4 Å². The Kier molecular flexibility index (Phi) is 10.1. The summed E-state index contributed by atoms with van der Waals surface area (Å²) in [5, 5.41) is 0.413. The van der Waals surface area contributed by atoms with Crippen LogP contribution in [0.2, 0.25) is 0 Å². The Balaban J connectivity index is 1.60. The second kappa shape index (κ2) is 13.6. The zero-order valence-electron chi connectivity index (χ0n) is 23.0. The Morgan fingerprint density at radius 2 is 1.60 bits per heavy atom. The highest BCUT2D eigenvalue weighted by Gasteiger charge is 2.21. The van der Waals surface area contributed by atoms with Crippen molar-refractivity contribution >= 4 is 39.9 Å². The summed E-state index contributed by atoms with van der Waals surface area (Å²) in [6.07, 6.45) is 2.68. The van der Waals surface area contributed by atoms with E-state index in [9.17, 15) is 21.6 Å². The first kappa shape index (κ1) is 31.3. The van der Waals surface area contributed by atoms with Gasteiger partial charge in [-0.15, -0.1) is 16.2 Å². The van der Waals surface area contributed by atoms with Crippen LogP contribution in [0.3, 0.4) is 0 Å².